The van der Waals surface area contributed by atoms with Crippen molar-refractivity contribution in [2.75, 3.05) is 6.61 Å². The van der Waals surface area contributed by atoms with E-state index >= 15 is 0 Å². The van der Waals surface area contributed by atoms with E-state index in [1.54, 1.807) is 0 Å². The molecule has 0 saturated carbocycles. The van der Waals surface area contributed by atoms with E-state index in [1.807, 2.05) is 36.4 Å². The van der Waals surface area contributed by atoms with Crippen molar-refractivity contribution in [2.45, 2.75) is 65.7 Å². The van der Waals surface area contributed by atoms with E-state index < -0.39 is 20.3 Å². The van der Waals surface area contributed by atoms with Crippen molar-refractivity contribution in [1.29, 1.82) is 0 Å². The lowest BCUT2D eigenvalue weighted by Gasteiger charge is -2.43. The Hall–Kier alpha value is -1.66. The molecule has 0 aromatic heterocycles. The molecular weight excluding hydrogens is 438 g/mol. The number of hydrogen-bond acceptors (Lipinski definition) is 4. The molecule has 0 aliphatic carbocycles. The van der Waals surface area contributed by atoms with Gasteiger partial charge in [0.2, 0.25) is 0 Å². The van der Waals surface area contributed by atoms with Crippen LogP contribution in [0.1, 0.15) is 48.5 Å². The molecule has 0 heterocycles. The van der Waals surface area contributed by atoms with Gasteiger partial charge in [0, 0.05) is 0 Å². The number of benzene rings is 2. The standard InChI is InChI=1S/C26H39NO3Si.ClH/c1-19(2)24(20(3)4)30-25(28)23(27)18-29-31(26(5,6)7,21-14-10-8-11-15-21)22-16-12-9-13-17-22;/h8-17,19-20,23-24H,18,27H2,1-7H3;1H/t23-;/m0./s1. The summed E-state index contributed by atoms with van der Waals surface area (Å²) >= 11 is 0. The van der Waals surface area contributed by atoms with Gasteiger partial charge in [-0.1, -0.05) is 109 Å². The van der Waals surface area contributed by atoms with Crippen molar-refractivity contribution in [3.63, 3.8) is 0 Å². The van der Waals surface area contributed by atoms with Gasteiger partial charge >= 0.3 is 5.97 Å². The molecule has 0 fully saturated rings. The number of nitrogens with two attached hydrogens (primary N) is 1. The van der Waals surface area contributed by atoms with Gasteiger partial charge in [-0.2, -0.15) is 0 Å². The van der Waals surface area contributed by atoms with Crippen LogP contribution in [0.25, 0.3) is 0 Å². The number of esters is 1. The highest BCUT2D eigenvalue weighted by atomic mass is 35.5. The highest BCUT2D eigenvalue weighted by Gasteiger charge is 2.50. The van der Waals surface area contributed by atoms with Gasteiger partial charge in [0.15, 0.2) is 0 Å². The number of halogens is 1. The molecule has 0 amide bonds. The summed E-state index contributed by atoms with van der Waals surface area (Å²) in [5.41, 5.74) is 6.30. The van der Waals surface area contributed by atoms with Crippen LogP contribution in [0.5, 0.6) is 0 Å². The van der Waals surface area contributed by atoms with E-state index in [0.717, 1.165) is 10.4 Å². The summed E-state index contributed by atoms with van der Waals surface area (Å²) < 4.78 is 12.5. The minimum atomic E-state index is -2.73. The average molecular weight is 478 g/mol. The van der Waals surface area contributed by atoms with Crippen molar-refractivity contribution in [3.05, 3.63) is 60.7 Å². The number of hydrogen-bond donors (Lipinski definition) is 1. The highest BCUT2D eigenvalue weighted by molar-refractivity contribution is 6.99. The largest absolute Gasteiger partial charge is 0.461 e. The van der Waals surface area contributed by atoms with Gasteiger partial charge in [0.1, 0.15) is 12.1 Å². The molecule has 0 bridgehead atoms. The van der Waals surface area contributed by atoms with Crippen LogP contribution < -0.4 is 16.1 Å². The summed E-state index contributed by atoms with van der Waals surface area (Å²) in [5.74, 6) is 0.0628. The topological polar surface area (TPSA) is 61.5 Å². The zero-order valence-corrected chi connectivity index (χ0v) is 22.3. The Morgan fingerprint density at radius 1 is 0.875 bits per heavy atom. The van der Waals surface area contributed by atoms with Crippen molar-refractivity contribution in [3.8, 4) is 0 Å². The molecule has 4 nitrogen and oxygen atoms in total. The van der Waals surface area contributed by atoms with Crippen molar-refractivity contribution < 1.29 is 14.0 Å². The van der Waals surface area contributed by atoms with Crippen LogP contribution >= 0.6 is 12.4 Å². The van der Waals surface area contributed by atoms with Gasteiger partial charge in [-0.05, 0) is 27.2 Å². The van der Waals surface area contributed by atoms with Crippen molar-refractivity contribution in [1.82, 2.24) is 0 Å². The fourth-order valence-electron chi connectivity index (χ4n) is 4.31. The maximum atomic E-state index is 12.8. The second-order valence-corrected chi connectivity index (χ2v) is 14.3. The number of carbonyl (C=O) groups is 1. The second kappa shape index (κ2) is 12.0. The molecule has 2 rings (SSSR count). The monoisotopic (exact) mass is 477 g/mol. The molecular formula is C26H40ClNO3Si. The predicted octanol–water partition coefficient (Wildman–Crippen LogP) is 4.54. The van der Waals surface area contributed by atoms with Gasteiger partial charge in [-0.15, -0.1) is 12.4 Å². The summed E-state index contributed by atoms with van der Waals surface area (Å²) in [5, 5.41) is 2.16. The summed E-state index contributed by atoms with van der Waals surface area (Å²) in [6.07, 6.45) is -0.161. The molecule has 0 aliphatic heterocycles. The molecule has 6 heteroatoms. The van der Waals surface area contributed by atoms with Gasteiger partial charge in [-0.25, -0.2) is 0 Å². The van der Waals surface area contributed by atoms with Crippen molar-refractivity contribution >= 4 is 37.1 Å². The van der Waals surface area contributed by atoms with Crippen LogP contribution in [0.4, 0.5) is 0 Å². The molecule has 0 radical (unpaired) electrons. The molecule has 2 N–H and O–H groups in total. The summed E-state index contributed by atoms with van der Waals surface area (Å²) in [7, 11) is -2.73. The van der Waals surface area contributed by atoms with E-state index in [0.29, 0.717) is 0 Å². The second-order valence-electron chi connectivity index (χ2n) is 9.97. The zero-order chi connectivity index (χ0) is 23.2. The van der Waals surface area contributed by atoms with Crippen LogP contribution in [0.3, 0.4) is 0 Å². The third kappa shape index (κ3) is 6.44. The third-order valence-corrected chi connectivity index (χ3v) is 10.8. The normalized spacial score (nSPS) is 13.2. The third-order valence-electron chi connectivity index (χ3n) is 5.77. The first kappa shape index (κ1) is 28.4. The van der Waals surface area contributed by atoms with Gasteiger partial charge in [0.25, 0.3) is 8.32 Å². The Bertz CT molecular complexity index is 774. The van der Waals surface area contributed by atoms with E-state index in [9.17, 15) is 4.79 Å². The number of carbonyl (C=O) groups excluding carboxylic acids is 1. The average Bonchev–Trinajstić information content (AvgIpc) is 2.72. The molecule has 2 aromatic rings. The van der Waals surface area contributed by atoms with Gasteiger partial charge in [0.05, 0.1) is 6.61 Å². The van der Waals surface area contributed by atoms with E-state index in [-0.39, 0.29) is 42.0 Å². The van der Waals surface area contributed by atoms with Gasteiger partial charge in [-0.3, -0.25) is 4.79 Å². The Labute approximate surface area is 201 Å². The quantitative estimate of drug-likeness (QED) is 0.425. The van der Waals surface area contributed by atoms with Crippen LogP contribution in [0, 0.1) is 11.8 Å². The van der Waals surface area contributed by atoms with Crippen LogP contribution in [-0.2, 0) is 14.0 Å². The lowest BCUT2D eigenvalue weighted by atomic mass is 9.96. The first-order valence-electron chi connectivity index (χ1n) is 11.2. The SMILES string of the molecule is CC(C)C(OC(=O)[C@@H](N)CO[Si](c1ccccc1)(c1ccccc1)C(C)(C)C)C(C)C.Cl. The number of ether oxygens (including phenoxy) is 1. The minimum Gasteiger partial charge on any atom is -0.461 e. The first-order chi connectivity index (χ1) is 14.5. The van der Waals surface area contributed by atoms with E-state index in [2.05, 4.69) is 72.7 Å². The molecule has 0 unspecified atom stereocenters. The Kier molecular flexibility index (Phi) is 10.6. The predicted molar refractivity (Wildman–Crippen MR) is 138 cm³/mol. The minimum absolute atomic E-state index is 0. The lowest BCUT2D eigenvalue weighted by molar-refractivity contribution is -0.156. The Morgan fingerprint density at radius 3 is 1.62 bits per heavy atom. The lowest BCUT2D eigenvalue weighted by Crippen LogP contribution is -2.67. The molecule has 0 aliphatic rings. The highest BCUT2D eigenvalue weighted by Crippen LogP contribution is 2.36. The Morgan fingerprint density at radius 2 is 1.28 bits per heavy atom. The molecule has 0 saturated heterocycles. The van der Waals surface area contributed by atoms with E-state index in [4.69, 9.17) is 14.9 Å². The fraction of sp³-hybridized carbons (Fsp3) is 0.500. The number of rotatable bonds is 9. The molecule has 0 spiro atoms. The van der Waals surface area contributed by atoms with Crippen LogP contribution in [0.2, 0.25) is 5.04 Å². The molecule has 178 valence electrons. The maximum absolute atomic E-state index is 12.8. The first-order valence-corrected chi connectivity index (χ1v) is 13.1. The molecule has 1 atom stereocenters. The van der Waals surface area contributed by atoms with E-state index in [1.165, 1.54) is 0 Å². The zero-order valence-electron chi connectivity index (χ0n) is 20.5. The molecule has 2 aromatic carbocycles. The van der Waals surface area contributed by atoms with Crippen LogP contribution in [0.15, 0.2) is 60.7 Å². The summed E-state index contributed by atoms with van der Waals surface area (Å²) in [4.78, 5) is 12.8. The maximum Gasteiger partial charge on any atom is 0.325 e. The van der Waals surface area contributed by atoms with Gasteiger partial charge < -0.3 is 14.9 Å². The Balaban J connectivity index is 0.00000512. The summed E-state index contributed by atoms with van der Waals surface area (Å²) in [6.45, 7) is 15.0. The fourth-order valence-corrected chi connectivity index (χ4v) is 8.89. The smallest absolute Gasteiger partial charge is 0.325 e. The molecule has 32 heavy (non-hydrogen) atoms. The van der Waals surface area contributed by atoms with Crippen LogP contribution in [-0.4, -0.2) is 33.0 Å². The summed E-state index contributed by atoms with van der Waals surface area (Å²) in [6, 6.07) is 19.9. The van der Waals surface area contributed by atoms with Crippen molar-refractivity contribution in [2.24, 2.45) is 17.6 Å².